The van der Waals surface area contributed by atoms with Gasteiger partial charge < -0.3 is 10.6 Å². The summed E-state index contributed by atoms with van der Waals surface area (Å²) in [6, 6.07) is 16.7. The summed E-state index contributed by atoms with van der Waals surface area (Å²) >= 11 is 0. The van der Waals surface area contributed by atoms with E-state index in [1.807, 2.05) is 34.9 Å². The maximum atomic E-state index is 14.2. The summed E-state index contributed by atoms with van der Waals surface area (Å²) in [5.74, 6) is 6.66. The molecular weight excluding hydrogens is 528 g/mol. The fraction of sp³-hybridized carbons (Fsp3) is 0.312. The van der Waals surface area contributed by atoms with E-state index in [2.05, 4.69) is 22.8 Å². The van der Waals surface area contributed by atoms with Gasteiger partial charge in [0.1, 0.15) is 11.0 Å². The third kappa shape index (κ3) is 4.87. The Hall–Kier alpha value is -5.06. The molecule has 4 heterocycles. The van der Waals surface area contributed by atoms with E-state index in [1.54, 1.807) is 25.1 Å². The Morgan fingerprint density at radius 1 is 1.02 bits per heavy atom. The van der Waals surface area contributed by atoms with Crippen LogP contribution < -0.4 is 21.6 Å². The first-order chi connectivity index (χ1) is 20.5. The third-order valence-corrected chi connectivity index (χ3v) is 7.71. The molecule has 0 saturated carbocycles. The Morgan fingerprint density at radius 2 is 1.79 bits per heavy atom. The molecule has 1 aliphatic rings. The van der Waals surface area contributed by atoms with Gasteiger partial charge >= 0.3 is 0 Å². The molecule has 0 aliphatic carbocycles. The molecule has 210 valence electrons. The zero-order chi connectivity index (χ0) is 29.2. The lowest BCUT2D eigenvalue weighted by atomic mass is 10.1. The first-order valence-corrected chi connectivity index (χ1v) is 14.1. The summed E-state index contributed by atoms with van der Waals surface area (Å²) in [6.45, 7) is 3.46. The highest BCUT2D eigenvalue weighted by molar-refractivity contribution is 5.92. The number of hydrogen-bond donors (Lipinski definition) is 1. The third-order valence-electron chi connectivity index (χ3n) is 7.71. The molecule has 2 aromatic carbocycles. The second kappa shape index (κ2) is 11.4. The normalized spacial score (nSPS) is 15.1. The van der Waals surface area contributed by atoms with Crippen molar-refractivity contribution in [1.29, 1.82) is 5.26 Å². The van der Waals surface area contributed by atoms with Crippen molar-refractivity contribution < 1.29 is 0 Å². The number of aryl methyl sites for hydroxylation is 1. The molecule has 6 rings (SSSR count). The van der Waals surface area contributed by atoms with E-state index in [4.69, 9.17) is 20.8 Å². The van der Waals surface area contributed by atoms with E-state index in [0.29, 0.717) is 63.0 Å². The molecule has 1 atom stereocenters. The van der Waals surface area contributed by atoms with Crippen LogP contribution in [0.15, 0.2) is 58.1 Å². The second-order valence-electron chi connectivity index (χ2n) is 10.5. The molecule has 2 N–H and O–H groups in total. The highest BCUT2D eigenvalue weighted by atomic mass is 16.1. The van der Waals surface area contributed by atoms with Crippen molar-refractivity contribution in [2.24, 2.45) is 5.73 Å². The van der Waals surface area contributed by atoms with E-state index in [9.17, 15) is 14.9 Å². The van der Waals surface area contributed by atoms with Gasteiger partial charge in [-0.15, -0.1) is 5.92 Å². The van der Waals surface area contributed by atoms with E-state index in [0.717, 1.165) is 19.4 Å². The molecule has 0 amide bonds. The molecule has 0 radical (unpaired) electrons. The molecule has 1 saturated heterocycles. The Labute approximate surface area is 242 Å². The van der Waals surface area contributed by atoms with Gasteiger partial charge in [-0.05, 0) is 31.9 Å². The van der Waals surface area contributed by atoms with E-state index >= 15 is 0 Å². The number of imidazole rings is 1. The molecule has 3 aromatic heterocycles. The first kappa shape index (κ1) is 27.1. The summed E-state index contributed by atoms with van der Waals surface area (Å²) in [5.41, 5.74) is 8.34. The van der Waals surface area contributed by atoms with Crippen molar-refractivity contribution in [2.75, 3.05) is 18.0 Å². The predicted molar refractivity (Wildman–Crippen MR) is 163 cm³/mol. The molecule has 5 aromatic rings. The largest absolute Gasteiger partial charge is 0.341 e. The van der Waals surface area contributed by atoms with Crippen LogP contribution in [0.25, 0.3) is 32.7 Å². The van der Waals surface area contributed by atoms with Gasteiger partial charge in [-0.1, -0.05) is 42.3 Å². The minimum absolute atomic E-state index is 0.0102. The van der Waals surface area contributed by atoms with Crippen LogP contribution in [-0.2, 0) is 19.5 Å². The van der Waals surface area contributed by atoms with Crippen LogP contribution in [0.3, 0.4) is 0 Å². The van der Waals surface area contributed by atoms with Crippen LogP contribution in [0.2, 0.25) is 0 Å². The number of aromatic nitrogens is 5. The number of para-hydroxylation sites is 1. The molecule has 0 bridgehead atoms. The number of hydrogen-bond acceptors (Lipinski definition) is 8. The van der Waals surface area contributed by atoms with Crippen LogP contribution in [0, 0.1) is 23.2 Å². The maximum Gasteiger partial charge on any atom is 0.293 e. The highest BCUT2D eigenvalue weighted by Gasteiger charge is 2.26. The van der Waals surface area contributed by atoms with Crippen LogP contribution in [0.1, 0.15) is 37.6 Å². The fourth-order valence-electron chi connectivity index (χ4n) is 5.72. The molecule has 1 unspecified atom stereocenters. The summed E-state index contributed by atoms with van der Waals surface area (Å²) in [5, 5.41) is 15.8. The summed E-state index contributed by atoms with van der Waals surface area (Å²) < 4.78 is 3.23. The molecule has 0 spiro atoms. The van der Waals surface area contributed by atoms with E-state index in [-0.39, 0.29) is 36.5 Å². The fourth-order valence-corrected chi connectivity index (χ4v) is 5.72. The molecule has 10 nitrogen and oxygen atoms in total. The lowest BCUT2D eigenvalue weighted by Gasteiger charge is -2.31. The standard InChI is InChI=1S/C32H30N8O2/c1-2-3-18-39-29-28(36-32(39)38-17-9-10-21(34)19-38)26(15-8-16-33)37-40(31(29)42)20-27-22-11-4-5-12-23(22)30(41)24-13-6-7-14-25(24)35-27/h4-7,11-14,21H,8-10,15,17-20,34H2,1H3. The number of nitriles is 1. The number of piperidine rings is 1. The van der Waals surface area contributed by atoms with Crippen LogP contribution in [-0.4, -0.2) is 43.4 Å². The summed E-state index contributed by atoms with van der Waals surface area (Å²) in [6.07, 6.45) is 2.40. The monoisotopic (exact) mass is 558 g/mol. The topological polar surface area (TPSA) is 136 Å². The molecule has 1 fully saturated rings. The van der Waals surface area contributed by atoms with Gasteiger partial charge in [0, 0.05) is 48.1 Å². The van der Waals surface area contributed by atoms with Crippen molar-refractivity contribution in [3.05, 3.63) is 80.5 Å². The SMILES string of the molecule is CC#CCn1c(N2CCCC(N)C2)nc2c(CCC#N)nn(Cc3nc4ccccc4c(=O)c4ccccc34)c(=O)c21. The Bertz CT molecular complexity index is 2060. The number of nitrogens with zero attached hydrogens (tertiary/aromatic N) is 7. The van der Waals surface area contributed by atoms with Gasteiger partial charge in [-0.3, -0.25) is 19.1 Å². The number of anilines is 1. The summed E-state index contributed by atoms with van der Waals surface area (Å²) in [7, 11) is 0. The Balaban J connectivity index is 1.60. The quantitative estimate of drug-likeness (QED) is 0.314. The molecule has 10 heteroatoms. The van der Waals surface area contributed by atoms with Gasteiger partial charge in [-0.2, -0.15) is 10.4 Å². The zero-order valence-corrected chi connectivity index (χ0v) is 23.4. The number of benzene rings is 2. The van der Waals surface area contributed by atoms with Crippen molar-refractivity contribution >= 4 is 38.7 Å². The van der Waals surface area contributed by atoms with E-state index < -0.39 is 0 Å². The maximum absolute atomic E-state index is 14.2. The average Bonchev–Trinajstić information content (AvgIpc) is 3.35. The van der Waals surface area contributed by atoms with Gasteiger partial charge in [0.25, 0.3) is 5.56 Å². The van der Waals surface area contributed by atoms with Crippen molar-refractivity contribution in [3.8, 4) is 17.9 Å². The van der Waals surface area contributed by atoms with Crippen LogP contribution in [0.4, 0.5) is 5.95 Å². The zero-order valence-electron chi connectivity index (χ0n) is 23.4. The highest BCUT2D eigenvalue weighted by Crippen LogP contribution is 2.26. The van der Waals surface area contributed by atoms with Crippen LogP contribution in [0.5, 0.6) is 0 Å². The smallest absolute Gasteiger partial charge is 0.293 e. The van der Waals surface area contributed by atoms with Gasteiger partial charge in [-0.25, -0.2) is 9.67 Å². The van der Waals surface area contributed by atoms with E-state index in [1.165, 1.54) is 4.68 Å². The number of rotatable bonds is 6. The first-order valence-electron chi connectivity index (χ1n) is 14.1. The van der Waals surface area contributed by atoms with Gasteiger partial charge in [0.15, 0.2) is 5.43 Å². The molecular formula is C32H30N8O2. The Kier molecular flexibility index (Phi) is 7.39. The lowest BCUT2D eigenvalue weighted by Crippen LogP contribution is -2.44. The minimum atomic E-state index is -0.340. The predicted octanol–water partition coefficient (Wildman–Crippen LogP) is 3.11. The minimum Gasteiger partial charge on any atom is -0.341 e. The Morgan fingerprint density at radius 3 is 2.55 bits per heavy atom. The molecule has 42 heavy (non-hydrogen) atoms. The molecule has 1 aliphatic heterocycles. The second-order valence-corrected chi connectivity index (χ2v) is 10.5. The lowest BCUT2D eigenvalue weighted by molar-refractivity contribution is 0.496. The summed E-state index contributed by atoms with van der Waals surface area (Å²) in [4.78, 5) is 39.6. The van der Waals surface area contributed by atoms with Gasteiger partial charge in [0.05, 0.1) is 36.1 Å². The number of fused-ring (bicyclic) bond motifs is 3. The van der Waals surface area contributed by atoms with Crippen LogP contribution >= 0.6 is 0 Å². The number of nitrogens with two attached hydrogens (primary N) is 1. The van der Waals surface area contributed by atoms with Crippen molar-refractivity contribution in [3.63, 3.8) is 0 Å². The van der Waals surface area contributed by atoms with Crippen molar-refractivity contribution in [2.45, 2.75) is 51.7 Å². The van der Waals surface area contributed by atoms with Gasteiger partial charge in [0.2, 0.25) is 5.95 Å². The van der Waals surface area contributed by atoms with Crippen molar-refractivity contribution in [1.82, 2.24) is 24.3 Å². The average molecular weight is 559 g/mol.